The molecular weight excluding hydrogens is 166 g/mol. The van der Waals surface area contributed by atoms with E-state index in [2.05, 4.69) is 0 Å². The maximum Gasteiger partial charge on any atom is 0.272 e. The van der Waals surface area contributed by atoms with Crippen LogP contribution >= 0.6 is 0 Å². The highest BCUT2D eigenvalue weighted by atomic mass is 16.2. The second kappa shape index (κ2) is 3.12. The lowest BCUT2D eigenvalue weighted by Gasteiger charge is -2.12. The number of nitrogens with two attached hydrogens (primary N) is 1. The summed E-state index contributed by atoms with van der Waals surface area (Å²) in [7, 11) is 5.26. The van der Waals surface area contributed by atoms with Gasteiger partial charge in [-0.15, -0.1) is 0 Å². The Hall–Kier alpha value is -1.45. The lowest BCUT2D eigenvalue weighted by atomic mass is 10.3. The summed E-state index contributed by atoms with van der Waals surface area (Å²) in [5.74, 6) is -0.0619. The molecule has 1 aromatic heterocycles. The summed E-state index contributed by atoms with van der Waals surface area (Å²) in [6, 6.07) is 1.80. The van der Waals surface area contributed by atoms with E-state index in [-0.39, 0.29) is 5.91 Å². The number of carbonyl (C=O) groups is 1. The molecule has 1 amide bonds. The van der Waals surface area contributed by atoms with Crippen molar-refractivity contribution in [3.8, 4) is 0 Å². The van der Waals surface area contributed by atoms with E-state index < -0.39 is 0 Å². The molecule has 0 aromatic carbocycles. The third-order valence-corrected chi connectivity index (χ3v) is 2.11. The van der Waals surface area contributed by atoms with E-state index in [1.807, 2.05) is 14.0 Å². The molecule has 4 heteroatoms. The summed E-state index contributed by atoms with van der Waals surface area (Å²) in [5.41, 5.74) is 7.80. The zero-order valence-corrected chi connectivity index (χ0v) is 8.46. The fourth-order valence-corrected chi connectivity index (χ4v) is 1.24. The Labute approximate surface area is 77.9 Å². The number of aromatic nitrogens is 1. The van der Waals surface area contributed by atoms with Crippen LogP contribution in [0.25, 0.3) is 0 Å². The molecule has 1 heterocycles. The van der Waals surface area contributed by atoms with E-state index in [0.29, 0.717) is 11.4 Å². The minimum atomic E-state index is -0.0619. The van der Waals surface area contributed by atoms with Gasteiger partial charge in [-0.2, -0.15) is 0 Å². The molecule has 0 saturated heterocycles. The van der Waals surface area contributed by atoms with Crippen molar-refractivity contribution in [2.24, 2.45) is 7.05 Å². The molecule has 0 aliphatic carbocycles. The standard InChI is InChI=1S/C9H15N3O/c1-6-5-7(10)8(12(6)4)9(13)11(2)3/h5H,10H2,1-4H3. The predicted molar refractivity (Wildman–Crippen MR) is 52.6 cm³/mol. The Balaban J connectivity index is 3.21. The van der Waals surface area contributed by atoms with E-state index in [9.17, 15) is 4.79 Å². The van der Waals surface area contributed by atoms with E-state index in [1.54, 1.807) is 24.7 Å². The van der Waals surface area contributed by atoms with Crippen LogP contribution in [0.3, 0.4) is 0 Å². The number of amides is 1. The first-order chi connectivity index (χ1) is 5.95. The summed E-state index contributed by atoms with van der Waals surface area (Å²) in [6.07, 6.45) is 0. The molecule has 0 aliphatic heterocycles. The van der Waals surface area contributed by atoms with Gasteiger partial charge in [0, 0.05) is 26.8 Å². The minimum absolute atomic E-state index is 0.0619. The van der Waals surface area contributed by atoms with Crippen LogP contribution in [-0.4, -0.2) is 29.5 Å². The number of nitrogens with zero attached hydrogens (tertiary/aromatic N) is 2. The van der Waals surface area contributed by atoms with E-state index >= 15 is 0 Å². The smallest absolute Gasteiger partial charge is 0.272 e. The molecular formula is C9H15N3O. The molecule has 0 unspecified atom stereocenters. The lowest BCUT2D eigenvalue weighted by Crippen LogP contribution is -2.25. The number of hydrogen-bond acceptors (Lipinski definition) is 2. The van der Waals surface area contributed by atoms with Crippen LogP contribution in [-0.2, 0) is 7.05 Å². The maximum absolute atomic E-state index is 11.6. The third-order valence-electron chi connectivity index (χ3n) is 2.11. The van der Waals surface area contributed by atoms with Crippen molar-refractivity contribution in [3.05, 3.63) is 17.5 Å². The number of aryl methyl sites for hydroxylation is 1. The zero-order valence-electron chi connectivity index (χ0n) is 8.46. The second-order valence-corrected chi connectivity index (χ2v) is 3.35. The molecule has 0 fully saturated rings. The van der Waals surface area contributed by atoms with Gasteiger partial charge in [-0.05, 0) is 13.0 Å². The highest BCUT2D eigenvalue weighted by Crippen LogP contribution is 2.17. The van der Waals surface area contributed by atoms with Gasteiger partial charge in [0.15, 0.2) is 0 Å². The SMILES string of the molecule is Cc1cc(N)c(C(=O)N(C)C)n1C. The van der Waals surface area contributed by atoms with Crippen LogP contribution in [0.5, 0.6) is 0 Å². The van der Waals surface area contributed by atoms with Gasteiger partial charge in [-0.1, -0.05) is 0 Å². The molecule has 0 radical (unpaired) electrons. The van der Waals surface area contributed by atoms with Gasteiger partial charge in [0.1, 0.15) is 5.69 Å². The lowest BCUT2D eigenvalue weighted by molar-refractivity contribution is 0.0819. The molecule has 72 valence electrons. The normalized spacial score (nSPS) is 10.2. The third kappa shape index (κ3) is 1.52. The van der Waals surface area contributed by atoms with Gasteiger partial charge < -0.3 is 15.2 Å². The Kier molecular flexibility index (Phi) is 2.32. The Morgan fingerprint density at radius 2 is 2.08 bits per heavy atom. The molecule has 0 aliphatic rings. The first kappa shape index (κ1) is 9.64. The Morgan fingerprint density at radius 3 is 2.38 bits per heavy atom. The van der Waals surface area contributed by atoms with Crippen molar-refractivity contribution < 1.29 is 4.79 Å². The molecule has 0 atom stereocenters. The van der Waals surface area contributed by atoms with Crippen molar-refractivity contribution in [1.29, 1.82) is 0 Å². The molecule has 1 aromatic rings. The number of carbonyl (C=O) groups excluding carboxylic acids is 1. The van der Waals surface area contributed by atoms with Crippen LogP contribution in [0.1, 0.15) is 16.2 Å². The highest BCUT2D eigenvalue weighted by molar-refractivity contribution is 5.97. The van der Waals surface area contributed by atoms with E-state index in [4.69, 9.17) is 5.73 Å². The van der Waals surface area contributed by atoms with Gasteiger partial charge in [0.2, 0.25) is 0 Å². The summed E-state index contributed by atoms with van der Waals surface area (Å²) < 4.78 is 1.80. The Morgan fingerprint density at radius 1 is 1.54 bits per heavy atom. The average molecular weight is 181 g/mol. The monoisotopic (exact) mass is 181 g/mol. The van der Waals surface area contributed by atoms with Gasteiger partial charge in [-0.3, -0.25) is 4.79 Å². The summed E-state index contributed by atoms with van der Waals surface area (Å²) in [5, 5.41) is 0. The van der Waals surface area contributed by atoms with Gasteiger partial charge in [-0.25, -0.2) is 0 Å². The van der Waals surface area contributed by atoms with Crippen molar-refractivity contribution in [1.82, 2.24) is 9.47 Å². The number of rotatable bonds is 1. The van der Waals surface area contributed by atoms with Gasteiger partial charge in [0.05, 0.1) is 5.69 Å². The van der Waals surface area contributed by atoms with E-state index in [0.717, 1.165) is 5.69 Å². The van der Waals surface area contributed by atoms with Gasteiger partial charge in [0.25, 0.3) is 5.91 Å². The first-order valence-electron chi connectivity index (χ1n) is 4.08. The van der Waals surface area contributed by atoms with E-state index in [1.165, 1.54) is 4.90 Å². The Bertz CT molecular complexity index is 339. The highest BCUT2D eigenvalue weighted by Gasteiger charge is 2.16. The summed E-state index contributed by atoms with van der Waals surface area (Å²) in [6.45, 7) is 1.92. The molecule has 0 bridgehead atoms. The predicted octanol–water partition coefficient (Wildman–Crippen LogP) is 0.618. The van der Waals surface area contributed by atoms with Crippen LogP contribution in [0.4, 0.5) is 5.69 Å². The van der Waals surface area contributed by atoms with Gasteiger partial charge >= 0.3 is 0 Å². The van der Waals surface area contributed by atoms with Crippen LogP contribution in [0.2, 0.25) is 0 Å². The van der Waals surface area contributed by atoms with Crippen LogP contribution in [0, 0.1) is 6.92 Å². The molecule has 13 heavy (non-hydrogen) atoms. The fraction of sp³-hybridized carbons (Fsp3) is 0.444. The van der Waals surface area contributed by atoms with Crippen molar-refractivity contribution in [2.75, 3.05) is 19.8 Å². The summed E-state index contributed by atoms with van der Waals surface area (Å²) >= 11 is 0. The topological polar surface area (TPSA) is 51.3 Å². The zero-order chi connectivity index (χ0) is 10.2. The minimum Gasteiger partial charge on any atom is -0.397 e. The number of hydrogen-bond donors (Lipinski definition) is 1. The largest absolute Gasteiger partial charge is 0.397 e. The average Bonchev–Trinajstić information content (AvgIpc) is 2.26. The van der Waals surface area contributed by atoms with Crippen molar-refractivity contribution in [2.45, 2.75) is 6.92 Å². The van der Waals surface area contributed by atoms with Crippen molar-refractivity contribution in [3.63, 3.8) is 0 Å². The maximum atomic E-state index is 11.6. The molecule has 1 rings (SSSR count). The van der Waals surface area contributed by atoms with Crippen LogP contribution < -0.4 is 5.73 Å². The second-order valence-electron chi connectivity index (χ2n) is 3.35. The van der Waals surface area contributed by atoms with Crippen LogP contribution in [0.15, 0.2) is 6.07 Å². The molecule has 0 saturated carbocycles. The molecule has 0 spiro atoms. The fourth-order valence-electron chi connectivity index (χ4n) is 1.24. The first-order valence-corrected chi connectivity index (χ1v) is 4.08. The quantitative estimate of drug-likeness (QED) is 0.690. The van der Waals surface area contributed by atoms with Crippen molar-refractivity contribution >= 4 is 11.6 Å². The number of anilines is 1. The number of nitrogen functional groups attached to an aromatic ring is 1. The summed E-state index contributed by atoms with van der Waals surface area (Å²) in [4.78, 5) is 13.1. The molecule has 2 N–H and O–H groups in total. The molecule has 4 nitrogen and oxygen atoms in total.